The predicted molar refractivity (Wildman–Crippen MR) is 78.7 cm³/mol. The summed E-state index contributed by atoms with van der Waals surface area (Å²) in [7, 11) is 1.88. The van der Waals surface area contributed by atoms with Crippen LogP contribution in [0.3, 0.4) is 0 Å². The summed E-state index contributed by atoms with van der Waals surface area (Å²) >= 11 is 0. The molecule has 0 spiro atoms. The highest BCUT2D eigenvalue weighted by Gasteiger charge is 2.24. The average Bonchev–Trinajstić information content (AvgIpc) is 2.41. The number of hydrogen-bond donors (Lipinski definition) is 2. The van der Waals surface area contributed by atoms with Crippen LogP contribution in [0.2, 0.25) is 0 Å². The van der Waals surface area contributed by atoms with E-state index in [1.165, 1.54) is 12.8 Å². The lowest BCUT2D eigenvalue weighted by Crippen LogP contribution is -2.45. The van der Waals surface area contributed by atoms with Gasteiger partial charge in [-0.1, -0.05) is 26.2 Å². The van der Waals surface area contributed by atoms with Crippen LogP contribution in [0.4, 0.5) is 4.79 Å². The fourth-order valence-corrected chi connectivity index (χ4v) is 2.82. The van der Waals surface area contributed by atoms with Gasteiger partial charge in [-0.2, -0.15) is 0 Å². The van der Waals surface area contributed by atoms with E-state index in [2.05, 4.69) is 12.2 Å². The topological polar surface area (TPSA) is 69.6 Å². The number of nitrogens with zero attached hydrogens (tertiary/aromatic N) is 1. The van der Waals surface area contributed by atoms with Crippen molar-refractivity contribution in [1.82, 2.24) is 10.2 Å². The third kappa shape index (κ3) is 6.26. The second kappa shape index (κ2) is 8.82. The third-order valence-corrected chi connectivity index (χ3v) is 4.12. The van der Waals surface area contributed by atoms with Gasteiger partial charge >= 0.3 is 12.0 Å². The molecule has 0 aromatic heterocycles. The quantitative estimate of drug-likeness (QED) is 0.706. The zero-order valence-electron chi connectivity index (χ0n) is 12.7. The molecule has 116 valence electrons. The molecule has 1 aliphatic rings. The number of amides is 2. The van der Waals surface area contributed by atoms with Crippen molar-refractivity contribution < 1.29 is 14.7 Å². The molecular weight excluding hydrogens is 256 g/mol. The van der Waals surface area contributed by atoms with Crippen molar-refractivity contribution >= 4 is 12.0 Å². The molecule has 0 radical (unpaired) electrons. The van der Waals surface area contributed by atoms with Gasteiger partial charge in [0.2, 0.25) is 0 Å². The summed E-state index contributed by atoms with van der Waals surface area (Å²) in [5, 5.41) is 11.4. The normalized spacial score (nSPS) is 22.3. The first-order valence-corrected chi connectivity index (χ1v) is 7.73. The molecule has 2 unspecified atom stereocenters. The molecule has 1 rings (SSSR count). The SMILES string of the molecule is CC1CCCC(N(C)C(=O)NCCCCCC(=O)O)C1. The molecular formula is C15H28N2O3. The number of carbonyl (C=O) groups is 2. The maximum Gasteiger partial charge on any atom is 0.317 e. The number of unbranched alkanes of at least 4 members (excludes halogenated alkanes) is 2. The van der Waals surface area contributed by atoms with Crippen molar-refractivity contribution in [2.75, 3.05) is 13.6 Å². The Morgan fingerprint density at radius 2 is 2.00 bits per heavy atom. The van der Waals surface area contributed by atoms with E-state index in [0.717, 1.165) is 25.7 Å². The predicted octanol–water partition coefficient (Wildman–Crippen LogP) is 2.85. The van der Waals surface area contributed by atoms with Crippen LogP contribution < -0.4 is 5.32 Å². The highest BCUT2D eigenvalue weighted by atomic mass is 16.4. The summed E-state index contributed by atoms with van der Waals surface area (Å²) in [5.41, 5.74) is 0. The third-order valence-electron chi connectivity index (χ3n) is 4.12. The molecule has 2 atom stereocenters. The van der Waals surface area contributed by atoms with Gasteiger partial charge in [0.05, 0.1) is 0 Å². The van der Waals surface area contributed by atoms with E-state index in [1.807, 2.05) is 11.9 Å². The van der Waals surface area contributed by atoms with Gasteiger partial charge < -0.3 is 15.3 Å². The number of carbonyl (C=O) groups excluding carboxylic acids is 1. The number of carboxylic acid groups (broad SMARTS) is 1. The lowest BCUT2D eigenvalue weighted by molar-refractivity contribution is -0.137. The van der Waals surface area contributed by atoms with E-state index >= 15 is 0 Å². The summed E-state index contributed by atoms with van der Waals surface area (Å²) < 4.78 is 0. The van der Waals surface area contributed by atoms with Crippen LogP contribution in [-0.2, 0) is 4.79 Å². The molecule has 1 saturated carbocycles. The van der Waals surface area contributed by atoms with Crippen molar-refractivity contribution in [2.24, 2.45) is 5.92 Å². The van der Waals surface area contributed by atoms with E-state index in [0.29, 0.717) is 24.9 Å². The maximum absolute atomic E-state index is 12.0. The van der Waals surface area contributed by atoms with Gasteiger partial charge in [-0.25, -0.2) is 4.79 Å². The Labute approximate surface area is 121 Å². The minimum atomic E-state index is -0.750. The second-order valence-electron chi connectivity index (χ2n) is 5.97. The first kappa shape index (κ1) is 16.8. The molecule has 5 nitrogen and oxygen atoms in total. The number of aliphatic carboxylic acids is 1. The molecule has 5 heteroatoms. The highest BCUT2D eigenvalue weighted by molar-refractivity contribution is 5.74. The lowest BCUT2D eigenvalue weighted by Gasteiger charge is -2.34. The first-order valence-electron chi connectivity index (χ1n) is 7.73. The van der Waals surface area contributed by atoms with Crippen LogP contribution in [0.1, 0.15) is 58.3 Å². The number of urea groups is 1. The Hall–Kier alpha value is -1.26. The Bertz CT molecular complexity index is 320. The van der Waals surface area contributed by atoms with E-state index < -0.39 is 5.97 Å². The van der Waals surface area contributed by atoms with Crippen molar-refractivity contribution in [1.29, 1.82) is 0 Å². The van der Waals surface area contributed by atoms with Crippen LogP contribution in [0, 0.1) is 5.92 Å². The molecule has 0 saturated heterocycles. The molecule has 0 aliphatic heterocycles. The summed E-state index contributed by atoms with van der Waals surface area (Å²) in [5.74, 6) is -0.0415. The lowest BCUT2D eigenvalue weighted by atomic mass is 9.86. The largest absolute Gasteiger partial charge is 0.481 e. The Balaban J connectivity index is 2.13. The molecule has 1 aliphatic carbocycles. The summed E-state index contributed by atoms with van der Waals surface area (Å²) in [4.78, 5) is 24.2. The molecule has 0 aromatic carbocycles. The average molecular weight is 284 g/mol. The molecule has 2 amide bonds. The van der Waals surface area contributed by atoms with Gasteiger partial charge in [-0.05, 0) is 31.6 Å². The van der Waals surface area contributed by atoms with Gasteiger partial charge in [0.1, 0.15) is 0 Å². The highest BCUT2D eigenvalue weighted by Crippen LogP contribution is 2.26. The van der Waals surface area contributed by atoms with E-state index in [9.17, 15) is 9.59 Å². The molecule has 0 heterocycles. The smallest absolute Gasteiger partial charge is 0.317 e. The number of nitrogens with one attached hydrogen (secondary N) is 1. The van der Waals surface area contributed by atoms with Crippen molar-refractivity contribution in [2.45, 2.75) is 64.3 Å². The van der Waals surface area contributed by atoms with E-state index in [1.54, 1.807) is 0 Å². The van der Waals surface area contributed by atoms with Crippen molar-refractivity contribution in [3.05, 3.63) is 0 Å². The molecule has 1 fully saturated rings. The Morgan fingerprint density at radius 3 is 2.65 bits per heavy atom. The maximum atomic E-state index is 12.0. The van der Waals surface area contributed by atoms with Gasteiger partial charge in [0.25, 0.3) is 0 Å². The first-order chi connectivity index (χ1) is 9.50. The van der Waals surface area contributed by atoms with Crippen LogP contribution >= 0.6 is 0 Å². The summed E-state index contributed by atoms with van der Waals surface area (Å²) in [6, 6.07) is 0.369. The van der Waals surface area contributed by atoms with E-state index in [-0.39, 0.29) is 12.5 Å². The van der Waals surface area contributed by atoms with Gasteiger partial charge in [0.15, 0.2) is 0 Å². The fourth-order valence-electron chi connectivity index (χ4n) is 2.82. The summed E-state index contributed by atoms with van der Waals surface area (Å²) in [6.07, 6.45) is 7.27. The van der Waals surface area contributed by atoms with Gasteiger partial charge in [-0.15, -0.1) is 0 Å². The van der Waals surface area contributed by atoms with Gasteiger partial charge in [-0.3, -0.25) is 4.79 Å². The summed E-state index contributed by atoms with van der Waals surface area (Å²) in [6.45, 7) is 2.88. The van der Waals surface area contributed by atoms with Crippen LogP contribution in [-0.4, -0.2) is 41.6 Å². The second-order valence-corrected chi connectivity index (χ2v) is 5.97. The van der Waals surface area contributed by atoms with E-state index in [4.69, 9.17) is 5.11 Å². The minimum Gasteiger partial charge on any atom is -0.481 e. The van der Waals surface area contributed by atoms with Crippen LogP contribution in [0.5, 0.6) is 0 Å². The monoisotopic (exact) mass is 284 g/mol. The van der Waals surface area contributed by atoms with Crippen molar-refractivity contribution in [3.63, 3.8) is 0 Å². The van der Waals surface area contributed by atoms with Crippen LogP contribution in [0.25, 0.3) is 0 Å². The standard InChI is InChI=1S/C15H28N2O3/c1-12-7-6-8-13(11-12)17(2)15(20)16-10-5-3-4-9-14(18)19/h12-13H,3-11H2,1-2H3,(H,16,20)(H,18,19). The fraction of sp³-hybridized carbons (Fsp3) is 0.867. The number of carboxylic acids is 1. The molecule has 20 heavy (non-hydrogen) atoms. The Morgan fingerprint density at radius 1 is 1.25 bits per heavy atom. The Kier molecular flexibility index (Phi) is 7.41. The molecule has 0 bridgehead atoms. The minimum absolute atomic E-state index is 0.00216. The molecule has 0 aromatic rings. The van der Waals surface area contributed by atoms with Crippen molar-refractivity contribution in [3.8, 4) is 0 Å². The zero-order chi connectivity index (χ0) is 15.0. The molecule has 2 N–H and O–H groups in total. The number of rotatable bonds is 7. The van der Waals surface area contributed by atoms with Crippen LogP contribution in [0.15, 0.2) is 0 Å². The number of hydrogen-bond acceptors (Lipinski definition) is 2. The van der Waals surface area contributed by atoms with Gasteiger partial charge in [0, 0.05) is 26.1 Å². The zero-order valence-corrected chi connectivity index (χ0v) is 12.7.